The molecule has 1 atom stereocenters. The number of nitrogens with one attached hydrogen (secondary N) is 1. The Kier molecular flexibility index (Phi) is 6.32. The predicted octanol–water partition coefficient (Wildman–Crippen LogP) is 1.05. The first-order valence-corrected chi connectivity index (χ1v) is 6.19. The zero-order valence-corrected chi connectivity index (χ0v) is 11.7. The van der Waals surface area contributed by atoms with Crippen LogP contribution in [0.5, 0.6) is 0 Å². The monoisotopic (exact) mass is 297 g/mol. The van der Waals surface area contributed by atoms with Crippen LogP contribution in [0.3, 0.4) is 0 Å². The lowest BCUT2D eigenvalue weighted by molar-refractivity contribution is -0.144. The molecule has 0 heterocycles. The summed E-state index contributed by atoms with van der Waals surface area (Å²) < 4.78 is 22.1. The van der Waals surface area contributed by atoms with Gasteiger partial charge in [0.15, 0.2) is 0 Å². The second-order valence-corrected chi connectivity index (χ2v) is 4.17. The van der Waals surface area contributed by atoms with E-state index in [1.807, 2.05) is 0 Å². The van der Waals surface area contributed by atoms with E-state index in [1.54, 1.807) is 0 Å². The van der Waals surface area contributed by atoms with Gasteiger partial charge in [0, 0.05) is 12.0 Å². The van der Waals surface area contributed by atoms with Crippen molar-refractivity contribution in [3.8, 4) is 0 Å². The van der Waals surface area contributed by atoms with Gasteiger partial charge in [-0.05, 0) is 24.6 Å². The van der Waals surface area contributed by atoms with Gasteiger partial charge in [-0.2, -0.15) is 0 Å². The molecule has 0 radical (unpaired) electrons. The third-order valence-electron chi connectivity index (χ3n) is 2.74. The van der Waals surface area contributed by atoms with Gasteiger partial charge in [0.1, 0.15) is 11.9 Å². The van der Waals surface area contributed by atoms with Crippen molar-refractivity contribution in [2.75, 3.05) is 14.2 Å². The van der Waals surface area contributed by atoms with Gasteiger partial charge in [-0.25, -0.2) is 9.18 Å². The Morgan fingerprint density at radius 1 is 1.24 bits per heavy atom. The topological polar surface area (TPSA) is 81.7 Å². The summed E-state index contributed by atoms with van der Waals surface area (Å²) in [6, 6.07) is 4.03. The fourth-order valence-corrected chi connectivity index (χ4v) is 1.63. The van der Waals surface area contributed by atoms with Crippen LogP contribution in [0.4, 0.5) is 4.39 Å². The third-order valence-corrected chi connectivity index (χ3v) is 2.74. The molecular formula is C14H16FNO5. The summed E-state index contributed by atoms with van der Waals surface area (Å²) in [6.45, 7) is 0. The van der Waals surface area contributed by atoms with Crippen molar-refractivity contribution in [3.05, 3.63) is 35.6 Å². The lowest BCUT2D eigenvalue weighted by atomic mass is 10.1. The summed E-state index contributed by atoms with van der Waals surface area (Å²) in [6.07, 6.45) is -0.0277. The lowest BCUT2D eigenvalue weighted by Crippen LogP contribution is -2.41. The molecule has 0 aromatic heterocycles. The number of halogens is 1. The summed E-state index contributed by atoms with van der Waals surface area (Å²) in [4.78, 5) is 34.6. The summed E-state index contributed by atoms with van der Waals surface area (Å²) in [5.41, 5.74) is 0.0713. The largest absolute Gasteiger partial charge is 0.469 e. The smallest absolute Gasteiger partial charge is 0.328 e. The second-order valence-electron chi connectivity index (χ2n) is 4.17. The quantitative estimate of drug-likeness (QED) is 0.794. The van der Waals surface area contributed by atoms with E-state index in [9.17, 15) is 18.8 Å². The molecular weight excluding hydrogens is 281 g/mol. The van der Waals surface area contributed by atoms with Crippen molar-refractivity contribution in [2.24, 2.45) is 0 Å². The first kappa shape index (κ1) is 16.6. The normalized spacial score (nSPS) is 11.4. The fourth-order valence-electron chi connectivity index (χ4n) is 1.63. The number of carbonyl (C=O) groups is 3. The zero-order valence-electron chi connectivity index (χ0n) is 11.7. The van der Waals surface area contributed by atoms with Crippen LogP contribution in [-0.4, -0.2) is 38.1 Å². The second kappa shape index (κ2) is 7.98. The van der Waals surface area contributed by atoms with Crippen molar-refractivity contribution in [2.45, 2.75) is 18.9 Å². The number of amides is 1. The molecule has 0 aliphatic rings. The number of hydrogen-bond donors (Lipinski definition) is 1. The van der Waals surface area contributed by atoms with E-state index in [0.717, 1.165) is 6.07 Å². The molecule has 1 rings (SSSR count). The van der Waals surface area contributed by atoms with E-state index in [4.69, 9.17) is 0 Å². The molecule has 114 valence electrons. The highest BCUT2D eigenvalue weighted by molar-refractivity contribution is 5.96. The minimum Gasteiger partial charge on any atom is -0.469 e. The molecule has 0 aliphatic carbocycles. The average molecular weight is 297 g/mol. The highest BCUT2D eigenvalue weighted by Crippen LogP contribution is 2.06. The van der Waals surface area contributed by atoms with Gasteiger partial charge in [-0.3, -0.25) is 9.59 Å². The molecule has 0 unspecified atom stereocenters. The minimum absolute atomic E-state index is 0.0282. The number of hydrogen-bond acceptors (Lipinski definition) is 5. The summed E-state index contributed by atoms with van der Waals surface area (Å²) >= 11 is 0. The molecule has 0 fully saturated rings. The van der Waals surface area contributed by atoms with Gasteiger partial charge in [0.2, 0.25) is 0 Å². The molecule has 1 aromatic carbocycles. The van der Waals surface area contributed by atoms with Crippen LogP contribution in [0.25, 0.3) is 0 Å². The van der Waals surface area contributed by atoms with Gasteiger partial charge in [0.25, 0.3) is 5.91 Å². The van der Waals surface area contributed by atoms with Crippen LogP contribution in [0, 0.1) is 5.82 Å². The van der Waals surface area contributed by atoms with E-state index in [2.05, 4.69) is 14.8 Å². The molecule has 21 heavy (non-hydrogen) atoms. The van der Waals surface area contributed by atoms with Crippen LogP contribution in [0.1, 0.15) is 23.2 Å². The number of rotatable bonds is 6. The number of esters is 2. The van der Waals surface area contributed by atoms with E-state index in [-0.39, 0.29) is 18.4 Å². The van der Waals surface area contributed by atoms with Crippen LogP contribution >= 0.6 is 0 Å². The molecule has 0 bridgehead atoms. The maximum Gasteiger partial charge on any atom is 0.328 e. The van der Waals surface area contributed by atoms with E-state index in [0.29, 0.717) is 0 Å². The highest BCUT2D eigenvalue weighted by Gasteiger charge is 2.23. The Hall–Kier alpha value is -2.44. The summed E-state index contributed by atoms with van der Waals surface area (Å²) in [7, 11) is 2.39. The fraction of sp³-hybridized carbons (Fsp3) is 0.357. The molecule has 7 heteroatoms. The number of benzene rings is 1. The predicted molar refractivity (Wildman–Crippen MR) is 70.9 cm³/mol. The molecule has 1 amide bonds. The average Bonchev–Trinajstić information content (AvgIpc) is 2.49. The molecule has 6 nitrogen and oxygen atoms in total. The molecule has 0 spiro atoms. The summed E-state index contributed by atoms with van der Waals surface area (Å²) in [5, 5.41) is 2.40. The Morgan fingerprint density at radius 3 is 2.52 bits per heavy atom. The third kappa shape index (κ3) is 5.21. The zero-order chi connectivity index (χ0) is 15.8. The van der Waals surface area contributed by atoms with Crippen molar-refractivity contribution < 1.29 is 28.2 Å². The van der Waals surface area contributed by atoms with Crippen molar-refractivity contribution in [1.29, 1.82) is 0 Å². The van der Waals surface area contributed by atoms with E-state index in [1.165, 1.54) is 32.4 Å². The maximum atomic E-state index is 13.1. The number of carbonyl (C=O) groups excluding carboxylic acids is 3. The first-order valence-electron chi connectivity index (χ1n) is 6.19. The van der Waals surface area contributed by atoms with Gasteiger partial charge in [-0.15, -0.1) is 0 Å². The van der Waals surface area contributed by atoms with Gasteiger partial charge in [0.05, 0.1) is 14.2 Å². The van der Waals surface area contributed by atoms with Gasteiger partial charge >= 0.3 is 11.9 Å². The SMILES string of the molecule is COC(=O)CC[C@H](NC(=O)c1cccc(F)c1)C(=O)OC. The van der Waals surface area contributed by atoms with E-state index >= 15 is 0 Å². The lowest BCUT2D eigenvalue weighted by Gasteiger charge is -2.16. The number of methoxy groups -OCH3 is 2. The Balaban J connectivity index is 2.73. The molecule has 0 saturated carbocycles. The van der Waals surface area contributed by atoms with Gasteiger partial charge in [-0.1, -0.05) is 6.07 Å². The van der Waals surface area contributed by atoms with Gasteiger partial charge < -0.3 is 14.8 Å². The van der Waals surface area contributed by atoms with Crippen LogP contribution in [-0.2, 0) is 19.1 Å². The Bertz CT molecular complexity index is 532. The molecule has 0 saturated heterocycles. The molecule has 1 aromatic rings. The first-order chi connectivity index (χ1) is 9.97. The van der Waals surface area contributed by atoms with Crippen LogP contribution in [0.15, 0.2) is 24.3 Å². The minimum atomic E-state index is -1.01. The molecule has 1 N–H and O–H groups in total. The summed E-state index contributed by atoms with van der Waals surface area (Å²) in [5.74, 6) is -2.39. The van der Waals surface area contributed by atoms with Crippen molar-refractivity contribution >= 4 is 17.8 Å². The standard InChI is InChI=1S/C14H16FNO5/c1-20-12(17)7-6-11(14(19)21-2)16-13(18)9-4-3-5-10(15)8-9/h3-5,8,11H,6-7H2,1-2H3,(H,16,18)/t11-/m0/s1. The van der Waals surface area contributed by atoms with Crippen LogP contribution in [0.2, 0.25) is 0 Å². The van der Waals surface area contributed by atoms with Crippen molar-refractivity contribution in [3.63, 3.8) is 0 Å². The highest BCUT2D eigenvalue weighted by atomic mass is 19.1. The van der Waals surface area contributed by atoms with Crippen LogP contribution < -0.4 is 5.32 Å². The Morgan fingerprint density at radius 2 is 1.95 bits per heavy atom. The van der Waals surface area contributed by atoms with Crippen molar-refractivity contribution in [1.82, 2.24) is 5.32 Å². The maximum absolute atomic E-state index is 13.1. The molecule has 0 aliphatic heterocycles. The number of ether oxygens (including phenoxy) is 2. The Labute approximate surface area is 121 Å². The van der Waals surface area contributed by atoms with E-state index < -0.39 is 29.7 Å².